The number of amides is 2. The second kappa shape index (κ2) is 7.89. The maximum atomic E-state index is 12.4. The van der Waals surface area contributed by atoms with Crippen LogP contribution in [0.5, 0.6) is 0 Å². The van der Waals surface area contributed by atoms with Crippen LogP contribution in [0, 0.1) is 5.92 Å². The molecule has 0 aromatic carbocycles. The van der Waals surface area contributed by atoms with Crippen molar-refractivity contribution in [2.75, 3.05) is 18.9 Å². The number of hydrazone groups is 1. The summed E-state index contributed by atoms with van der Waals surface area (Å²) in [6.45, 7) is 8.06. The van der Waals surface area contributed by atoms with Gasteiger partial charge in [-0.15, -0.1) is 0 Å². The van der Waals surface area contributed by atoms with Crippen molar-refractivity contribution in [3.8, 4) is 0 Å². The van der Waals surface area contributed by atoms with E-state index in [2.05, 4.69) is 15.1 Å². The van der Waals surface area contributed by atoms with E-state index in [-0.39, 0.29) is 48.0 Å². The molecule has 0 aliphatic carbocycles. The smallest absolute Gasteiger partial charge is 0.264 e. The number of hydrogen-bond acceptors (Lipinski definition) is 7. The van der Waals surface area contributed by atoms with Crippen molar-refractivity contribution < 1.29 is 14.7 Å². The van der Waals surface area contributed by atoms with Crippen molar-refractivity contribution in [1.29, 1.82) is 0 Å². The number of aliphatic hydroxyl groups is 1. The lowest BCUT2D eigenvalue weighted by atomic mass is 10.1. The van der Waals surface area contributed by atoms with E-state index < -0.39 is 5.92 Å². The monoisotopic (exact) mass is 353 g/mol. The number of thioether (sulfide) groups is 1. The lowest BCUT2D eigenvalue weighted by Crippen LogP contribution is -2.43. The summed E-state index contributed by atoms with van der Waals surface area (Å²) < 4.78 is 0. The number of hydrogen-bond donors (Lipinski definition) is 1. The van der Waals surface area contributed by atoms with E-state index >= 15 is 0 Å². The first kappa shape index (κ1) is 18.6. The molecule has 2 amide bonds. The highest BCUT2D eigenvalue weighted by Crippen LogP contribution is 2.21. The van der Waals surface area contributed by atoms with E-state index in [9.17, 15) is 9.59 Å². The quantitative estimate of drug-likeness (QED) is 0.753. The van der Waals surface area contributed by atoms with E-state index in [1.165, 1.54) is 11.2 Å². The molecule has 0 saturated carbocycles. The van der Waals surface area contributed by atoms with Gasteiger partial charge < -0.3 is 10.0 Å². The maximum Gasteiger partial charge on any atom is 0.264 e. The maximum absolute atomic E-state index is 12.4. The average Bonchev–Trinajstić information content (AvgIpc) is 2.88. The van der Waals surface area contributed by atoms with Gasteiger partial charge in [-0.3, -0.25) is 9.59 Å². The predicted octanol–water partition coefficient (Wildman–Crippen LogP) is 0.570. The summed E-state index contributed by atoms with van der Waals surface area (Å²) in [7, 11) is 0. The Hall–Kier alpha value is -1.74. The molecule has 1 N–H and O–H groups in total. The Kier molecular flexibility index (Phi) is 6.11. The summed E-state index contributed by atoms with van der Waals surface area (Å²) in [6.07, 6.45) is 1.48. The molecule has 9 heteroatoms. The first-order valence-electron chi connectivity index (χ1n) is 7.92. The molecule has 0 spiro atoms. The number of carbonyl (C=O) groups is 2. The highest BCUT2D eigenvalue weighted by atomic mass is 32.2. The first-order chi connectivity index (χ1) is 11.3. The van der Waals surface area contributed by atoms with Crippen LogP contribution in [0.4, 0.5) is 0 Å². The van der Waals surface area contributed by atoms with Crippen LogP contribution in [0.25, 0.3) is 0 Å². The molecule has 2 heterocycles. The van der Waals surface area contributed by atoms with Crippen LogP contribution in [-0.2, 0) is 9.59 Å². The number of amidine groups is 2. The Balaban J connectivity index is 2.04. The minimum absolute atomic E-state index is 0.0163. The Morgan fingerprint density at radius 3 is 2.58 bits per heavy atom. The number of nitrogens with zero attached hydrogens (tertiary/aromatic N) is 5. The molecule has 2 aliphatic heterocycles. The van der Waals surface area contributed by atoms with Crippen LogP contribution in [0.1, 0.15) is 27.7 Å². The fourth-order valence-electron chi connectivity index (χ4n) is 2.73. The molecule has 0 saturated heterocycles. The van der Waals surface area contributed by atoms with Crippen molar-refractivity contribution in [2.24, 2.45) is 21.0 Å². The standard InChI is InChI=1S/C15H23N5O3S/c1-9(2)20(10(3)4)12(22)8-24-15-17-13-11(14(23)18-15)7-16-19(13)5-6-21/h7,9-11,21H,5-6,8H2,1-4H3. The van der Waals surface area contributed by atoms with Gasteiger partial charge in [0.25, 0.3) is 5.91 Å². The number of fused-ring (bicyclic) bond motifs is 1. The van der Waals surface area contributed by atoms with Crippen LogP contribution < -0.4 is 0 Å². The number of rotatable bonds is 6. The molecule has 0 radical (unpaired) electrons. The van der Waals surface area contributed by atoms with Gasteiger partial charge in [0.1, 0.15) is 11.8 Å². The van der Waals surface area contributed by atoms with Gasteiger partial charge in [0, 0.05) is 18.3 Å². The van der Waals surface area contributed by atoms with E-state index in [4.69, 9.17) is 5.11 Å². The minimum atomic E-state index is -0.584. The van der Waals surface area contributed by atoms with Crippen molar-refractivity contribution >= 4 is 40.8 Å². The fraction of sp³-hybridized carbons (Fsp3) is 0.667. The molecule has 2 rings (SSSR count). The molecular weight excluding hydrogens is 330 g/mol. The summed E-state index contributed by atoms with van der Waals surface area (Å²) in [5.74, 6) is -0.311. The predicted molar refractivity (Wildman–Crippen MR) is 95.2 cm³/mol. The zero-order valence-corrected chi connectivity index (χ0v) is 15.2. The van der Waals surface area contributed by atoms with Crippen molar-refractivity contribution in [1.82, 2.24) is 9.91 Å². The normalized spacial score (nSPS) is 19.7. The Morgan fingerprint density at radius 2 is 2.00 bits per heavy atom. The van der Waals surface area contributed by atoms with Crippen LogP contribution in [-0.4, -0.2) is 75.0 Å². The molecule has 0 aromatic heterocycles. The average molecular weight is 353 g/mol. The topological polar surface area (TPSA) is 97.9 Å². The lowest BCUT2D eigenvalue weighted by molar-refractivity contribution is -0.131. The third-order valence-corrected chi connectivity index (χ3v) is 4.45. The SMILES string of the molecule is CC(C)N(C(=O)CSC1=NC(=O)C2C=NN(CCO)C2=N1)C(C)C. The molecule has 2 aliphatic rings. The van der Waals surface area contributed by atoms with Gasteiger partial charge in [-0.1, -0.05) is 11.8 Å². The summed E-state index contributed by atoms with van der Waals surface area (Å²) in [5, 5.41) is 14.9. The van der Waals surface area contributed by atoms with Crippen LogP contribution in [0.3, 0.4) is 0 Å². The summed E-state index contributed by atoms with van der Waals surface area (Å²) in [6, 6.07) is 0.207. The molecule has 0 aromatic rings. The van der Waals surface area contributed by atoms with Gasteiger partial charge in [0.15, 0.2) is 5.17 Å². The Labute approximate surface area is 145 Å². The van der Waals surface area contributed by atoms with Crippen molar-refractivity contribution in [3.05, 3.63) is 0 Å². The highest BCUT2D eigenvalue weighted by Gasteiger charge is 2.35. The van der Waals surface area contributed by atoms with Crippen LogP contribution >= 0.6 is 11.8 Å². The van der Waals surface area contributed by atoms with Gasteiger partial charge in [-0.25, -0.2) is 10.0 Å². The zero-order chi connectivity index (χ0) is 17.9. The van der Waals surface area contributed by atoms with Gasteiger partial charge in [0.05, 0.1) is 18.9 Å². The molecule has 24 heavy (non-hydrogen) atoms. The fourth-order valence-corrected chi connectivity index (χ4v) is 3.44. The zero-order valence-electron chi connectivity index (χ0n) is 14.3. The van der Waals surface area contributed by atoms with Gasteiger partial charge in [-0.05, 0) is 27.7 Å². The van der Waals surface area contributed by atoms with Crippen molar-refractivity contribution in [3.63, 3.8) is 0 Å². The Bertz CT molecular complexity index is 592. The number of carbonyl (C=O) groups excluding carboxylic acids is 2. The van der Waals surface area contributed by atoms with E-state index in [1.54, 1.807) is 4.90 Å². The molecule has 0 fully saturated rings. The number of aliphatic hydroxyl groups excluding tert-OH is 1. The molecule has 0 bridgehead atoms. The molecular formula is C15H23N5O3S. The lowest BCUT2D eigenvalue weighted by Gasteiger charge is -2.30. The van der Waals surface area contributed by atoms with Crippen LogP contribution in [0.2, 0.25) is 0 Å². The van der Waals surface area contributed by atoms with Gasteiger partial charge in [0.2, 0.25) is 5.91 Å². The van der Waals surface area contributed by atoms with E-state index in [0.29, 0.717) is 5.84 Å². The first-order valence-corrected chi connectivity index (χ1v) is 8.91. The Morgan fingerprint density at radius 1 is 1.33 bits per heavy atom. The number of aliphatic imine (C=N–C) groups is 2. The summed E-state index contributed by atoms with van der Waals surface area (Å²) >= 11 is 1.15. The molecule has 1 unspecified atom stereocenters. The van der Waals surface area contributed by atoms with Crippen molar-refractivity contribution in [2.45, 2.75) is 39.8 Å². The molecule has 1 atom stereocenters. The third kappa shape index (κ3) is 4.02. The number of β-amino-alcohol motifs (C(OH)–C–C–N with tert-alkyl or cyclic N) is 1. The van der Waals surface area contributed by atoms with E-state index in [0.717, 1.165) is 11.8 Å². The largest absolute Gasteiger partial charge is 0.394 e. The second-order valence-electron chi connectivity index (χ2n) is 6.07. The highest BCUT2D eigenvalue weighted by molar-refractivity contribution is 8.14. The third-order valence-electron chi connectivity index (χ3n) is 3.62. The molecule has 8 nitrogen and oxygen atoms in total. The minimum Gasteiger partial charge on any atom is -0.394 e. The molecule has 132 valence electrons. The second-order valence-corrected chi connectivity index (χ2v) is 7.01. The van der Waals surface area contributed by atoms with Crippen LogP contribution in [0.15, 0.2) is 15.1 Å². The van der Waals surface area contributed by atoms with Gasteiger partial charge in [-0.2, -0.15) is 10.1 Å². The van der Waals surface area contributed by atoms with E-state index in [1.807, 2.05) is 27.7 Å². The summed E-state index contributed by atoms with van der Waals surface area (Å²) in [5.41, 5.74) is 0. The summed E-state index contributed by atoms with van der Waals surface area (Å²) in [4.78, 5) is 34.5. The van der Waals surface area contributed by atoms with Gasteiger partial charge >= 0.3 is 0 Å².